The Morgan fingerprint density at radius 1 is 0.971 bits per heavy atom. The Labute approximate surface area is 203 Å². The number of rotatable bonds is 5. The molecule has 4 aromatic rings. The van der Waals surface area contributed by atoms with Crippen LogP contribution in [0.2, 0.25) is 0 Å². The van der Waals surface area contributed by atoms with E-state index in [0.717, 1.165) is 28.1 Å². The number of morpholine rings is 1. The van der Waals surface area contributed by atoms with Gasteiger partial charge in [-0.25, -0.2) is 9.67 Å². The van der Waals surface area contributed by atoms with E-state index in [2.05, 4.69) is 34.3 Å². The summed E-state index contributed by atoms with van der Waals surface area (Å²) >= 11 is 0. The van der Waals surface area contributed by atoms with Crippen molar-refractivity contribution in [2.24, 2.45) is 0 Å². The average Bonchev–Trinajstić information content (AvgIpc) is 3.56. The SMILES string of the molecule is O=C(C=C1c2ccccc2-c2ccccc21)N1CCOC(COc2ccc(-n3cncn3)cc2)C1. The Bertz CT molecular complexity index is 1330. The molecule has 1 saturated heterocycles. The van der Waals surface area contributed by atoms with Gasteiger partial charge in [0.05, 0.1) is 18.8 Å². The number of ether oxygens (including phenoxy) is 2. The van der Waals surface area contributed by atoms with Crippen LogP contribution in [-0.4, -0.2) is 58.0 Å². The van der Waals surface area contributed by atoms with E-state index in [1.54, 1.807) is 17.1 Å². The molecule has 1 unspecified atom stereocenters. The van der Waals surface area contributed by atoms with E-state index in [9.17, 15) is 4.79 Å². The summed E-state index contributed by atoms with van der Waals surface area (Å²) in [5.74, 6) is 0.735. The second-order valence-corrected chi connectivity index (χ2v) is 8.57. The fourth-order valence-corrected chi connectivity index (χ4v) is 4.67. The minimum Gasteiger partial charge on any atom is -0.491 e. The lowest BCUT2D eigenvalue weighted by atomic mass is 10.0. The number of amides is 1. The molecule has 7 nitrogen and oxygen atoms in total. The molecule has 1 atom stereocenters. The Kier molecular flexibility index (Phi) is 5.60. The molecule has 1 amide bonds. The van der Waals surface area contributed by atoms with Gasteiger partial charge < -0.3 is 14.4 Å². The molecule has 2 heterocycles. The van der Waals surface area contributed by atoms with Crippen molar-refractivity contribution in [2.75, 3.05) is 26.3 Å². The van der Waals surface area contributed by atoms with Crippen molar-refractivity contribution in [3.63, 3.8) is 0 Å². The second kappa shape index (κ2) is 9.19. The Hall–Kier alpha value is -4.23. The number of benzene rings is 3. The third kappa shape index (κ3) is 4.22. The van der Waals surface area contributed by atoms with Crippen LogP contribution in [0.3, 0.4) is 0 Å². The zero-order valence-corrected chi connectivity index (χ0v) is 19.1. The van der Waals surface area contributed by atoms with Crippen LogP contribution < -0.4 is 4.74 Å². The van der Waals surface area contributed by atoms with Crippen LogP contribution in [0.1, 0.15) is 11.1 Å². The van der Waals surface area contributed by atoms with Gasteiger partial charge in [-0.2, -0.15) is 5.10 Å². The molecule has 2 aliphatic rings. The highest BCUT2D eigenvalue weighted by Gasteiger charge is 2.27. The molecule has 0 spiro atoms. The summed E-state index contributed by atoms with van der Waals surface area (Å²) in [5, 5.41) is 4.12. The van der Waals surface area contributed by atoms with Crippen molar-refractivity contribution in [3.05, 3.63) is 103 Å². The monoisotopic (exact) mass is 464 g/mol. The quantitative estimate of drug-likeness (QED) is 0.368. The lowest BCUT2D eigenvalue weighted by molar-refractivity contribution is -0.134. The molecule has 0 radical (unpaired) electrons. The Morgan fingerprint density at radius 3 is 2.31 bits per heavy atom. The first-order chi connectivity index (χ1) is 17.3. The summed E-state index contributed by atoms with van der Waals surface area (Å²) in [7, 11) is 0. The maximum Gasteiger partial charge on any atom is 0.247 e. The predicted molar refractivity (Wildman–Crippen MR) is 132 cm³/mol. The molecule has 7 heteroatoms. The number of hydrogen-bond donors (Lipinski definition) is 0. The topological polar surface area (TPSA) is 69.5 Å². The van der Waals surface area contributed by atoms with Gasteiger partial charge in [0.25, 0.3) is 0 Å². The maximum absolute atomic E-state index is 13.3. The van der Waals surface area contributed by atoms with Crippen LogP contribution in [-0.2, 0) is 9.53 Å². The molecule has 0 saturated carbocycles. The molecule has 1 aliphatic carbocycles. The highest BCUT2D eigenvalue weighted by atomic mass is 16.5. The third-order valence-corrected chi connectivity index (χ3v) is 6.40. The lowest BCUT2D eigenvalue weighted by Crippen LogP contribution is -2.47. The van der Waals surface area contributed by atoms with E-state index in [-0.39, 0.29) is 12.0 Å². The molecule has 174 valence electrons. The molecule has 0 N–H and O–H groups in total. The summed E-state index contributed by atoms with van der Waals surface area (Å²) < 4.78 is 13.5. The number of aromatic nitrogens is 3. The van der Waals surface area contributed by atoms with E-state index in [0.29, 0.717) is 26.3 Å². The van der Waals surface area contributed by atoms with Crippen molar-refractivity contribution < 1.29 is 14.3 Å². The van der Waals surface area contributed by atoms with Crippen molar-refractivity contribution in [1.82, 2.24) is 19.7 Å². The van der Waals surface area contributed by atoms with Gasteiger partial charge in [-0.3, -0.25) is 4.79 Å². The van der Waals surface area contributed by atoms with Crippen LogP contribution in [0.25, 0.3) is 22.4 Å². The summed E-state index contributed by atoms with van der Waals surface area (Å²) in [4.78, 5) is 19.1. The zero-order chi connectivity index (χ0) is 23.6. The van der Waals surface area contributed by atoms with Crippen LogP contribution in [0.15, 0.2) is 91.5 Å². The van der Waals surface area contributed by atoms with Gasteiger partial charge in [0.15, 0.2) is 0 Å². The van der Waals surface area contributed by atoms with E-state index >= 15 is 0 Å². The molecule has 1 fully saturated rings. The van der Waals surface area contributed by atoms with E-state index in [1.165, 1.54) is 17.5 Å². The molecule has 0 bridgehead atoms. The third-order valence-electron chi connectivity index (χ3n) is 6.40. The van der Waals surface area contributed by atoms with Gasteiger partial charge in [-0.05, 0) is 52.1 Å². The van der Waals surface area contributed by atoms with Crippen LogP contribution >= 0.6 is 0 Å². The Morgan fingerprint density at radius 2 is 1.66 bits per heavy atom. The smallest absolute Gasteiger partial charge is 0.247 e. The van der Waals surface area contributed by atoms with Gasteiger partial charge in [-0.1, -0.05) is 48.5 Å². The normalized spacial score (nSPS) is 16.5. The number of hydrogen-bond acceptors (Lipinski definition) is 5. The number of carbonyl (C=O) groups is 1. The van der Waals surface area contributed by atoms with Gasteiger partial charge >= 0.3 is 0 Å². The van der Waals surface area contributed by atoms with Crippen LogP contribution in [0.4, 0.5) is 0 Å². The fourth-order valence-electron chi connectivity index (χ4n) is 4.67. The van der Waals surface area contributed by atoms with Gasteiger partial charge in [-0.15, -0.1) is 0 Å². The lowest BCUT2D eigenvalue weighted by Gasteiger charge is -2.32. The second-order valence-electron chi connectivity index (χ2n) is 8.57. The zero-order valence-electron chi connectivity index (χ0n) is 19.1. The number of nitrogens with zero attached hydrogens (tertiary/aromatic N) is 4. The molecular formula is C28H24N4O3. The Balaban J connectivity index is 1.13. The largest absolute Gasteiger partial charge is 0.491 e. The maximum atomic E-state index is 13.3. The summed E-state index contributed by atoms with van der Waals surface area (Å²) in [5.41, 5.74) is 6.43. The van der Waals surface area contributed by atoms with Crippen LogP contribution in [0.5, 0.6) is 5.75 Å². The average molecular weight is 465 g/mol. The molecule has 6 rings (SSSR count). The molecule has 3 aromatic carbocycles. The fraction of sp³-hybridized carbons (Fsp3) is 0.179. The van der Waals surface area contributed by atoms with Crippen molar-refractivity contribution in [2.45, 2.75) is 6.10 Å². The predicted octanol–water partition coefficient (Wildman–Crippen LogP) is 3.99. The van der Waals surface area contributed by atoms with Crippen molar-refractivity contribution in [1.29, 1.82) is 0 Å². The minimum absolute atomic E-state index is 0.00279. The highest BCUT2D eigenvalue weighted by Crippen LogP contribution is 2.43. The standard InChI is InChI=1S/C28H24N4O3/c33-28(15-27-25-7-3-1-5-23(25)24-6-2-4-8-26(24)27)31-13-14-34-22(16-31)17-35-21-11-9-20(10-12-21)32-19-29-18-30-32/h1-12,15,18-19,22H,13-14,16-17H2. The summed E-state index contributed by atoms with van der Waals surface area (Å²) in [6, 6.07) is 24.1. The van der Waals surface area contributed by atoms with Crippen LogP contribution in [0, 0.1) is 0 Å². The first-order valence-electron chi connectivity index (χ1n) is 11.7. The van der Waals surface area contributed by atoms with E-state index < -0.39 is 0 Å². The molecule has 1 aliphatic heterocycles. The number of fused-ring (bicyclic) bond motifs is 3. The number of carbonyl (C=O) groups excluding carboxylic acids is 1. The van der Waals surface area contributed by atoms with Gasteiger partial charge in [0.2, 0.25) is 5.91 Å². The molecule has 1 aromatic heterocycles. The first-order valence-corrected chi connectivity index (χ1v) is 11.7. The summed E-state index contributed by atoms with van der Waals surface area (Å²) in [6.07, 6.45) is 4.73. The van der Waals surface area contributed by atoms with Gasteiger partial charge in [0, 0.05) is 12.6 Å². The minimum atomic E-state index is -0.191. The van der Waals surface area contributed by atoms with Crippen molar-refractivity contribution >= 4 is 11.5 Å². The van der Waals surface area contributed by atoms with E-state index in [1.807, 2.05) is 53.4 Å². The molecule has 35 heavy (non-hydrogen) atoms. The first kappa shape index (κ1) is 21.3. The molecular weight excluding hydrogens is 440 g/mol. The van der Waals surface area contributed by atoms with E-state index in [4.69, 9.17) is 9.47 Å². The van der Waals surface area contributed by atoms with Crippen molar-refractivity contribution in [3.8, 4) is 22.6 Å². The van der Waals surface area contributed by atoms with Gasteiger partial charge in [0.1, 0.15) is 31.1 Å². The highest BCUT2D eigenvalue weighted by molar-refractivity contribution is 6.08. The summed E-state index contributed by atoms with van der Waals surface area (Å²) in [6.45, 7) is 1.91.